The van der Waals surface area contributed by atoms with Gasteiger partial charge >= 0.3 is 19.4 Å². The lowest BCUT2D eigenvalue weighted by molar-refractivity contribution is 0.471. The molecule has 1 N–H and O–H groups in total. The molecule has 0 aromatic carbocycles. The van der Waals surface area contributed by atoms with Gasteiger partial charge in [0.2, 0.25) is 0 Å². The van der Waals surface area contributed by atoms with Crippen molar-refractivity contribution in [2.45, 2.75) is 5.03 Å². The van der Waals surface area contributed by atoms with Gasteiger partial charge < -0.3 is 4.98 Å². The predicted molar refractivity (Wildman–Crippen MR) is 41.6 cm³/mol. The quantitative estimate of drug-likeness (QED) is 0.727. The van der Waals surface area contributed by atoms with E-state index in [0.29, 0.717) is 0 Å². The smallest absolute Gasteiger partial charge is 0.334 e. The van der Waals surface area contributed by atoms with Crippen LogP contribution in [-0.2, 0) is 23.1 Å². The van der Waals surface area contributed by atoms with Crippen LogP contribution in [0.15, 0.2) is 17.6 Å². The molecule has 0 aliphatic rings. The summed E-state index contributed by atoms with van der Waals surface area (Å²) in [6.07, 6.45) is 1.94. The van der Waals surface area contributed by atoms with E-state index < -0.39 is 24.5 Å². The number of imidazole rings is 1. The Labute approximate surface area is 78.4 Å². The molecular formula is C3H3ClN2O5S2. The van der Waals surface area contributed by atoms with Crippen LogP contribution >= 0.6 is 10.7 Å². The first-order valence-electron chi connectivity index (χ1n) is 2.70. The van der Waals surface area contributed by atoms with Gasteiger partial charge in [-0.05, 0) is 0 Å². The molecule has 0 spiro atoms. The second kappa shape index (κ2) is 3.25. The maximum Gasteiger partial charge on any atom is 0.370 e. The van der Waals surface area contributed by atoms with Crippen LogP contribution in [0.2, 0.25) is 0 Å². The summed E-state index contributed by atoms with van der Waals surface area (Å²) in [6.45, 7) is 0. The van der Waals surface area contributed by atoms with E-state index in [0.717, 1.165) is 12.5 Å². The van der Waals surface area contributed by atoms with Crippen molar-refractivity contribution < 1.29 is 20.5 Å². The number of hydrogen-bond acceptors (Lipinski definition) is 6. The van der Waals surface area contributed by atoms with E-state index in [1.807, 2.05) is 0 Å². The zero-order valence-electron chi connectivity index (χ0n) is 5.84. The van der Waals surface area contributed by atoms with Crippen molar-refractivity contribution in [1.82, 2.24) is 9.97 Å². The molecule has 1 aromatic rings. The van der Waals surface area contributed by atoms with Gasteiger partial charge in [-0.15, -0.1) is 3.63 Å². The molecule has 0 unspecified atom stereocenters. The first-order valence-corrected chi connectivity index (χ1v) is 6.34. The molecular weight excluding hydrogens is 244 g/mol. The van der Waals surface area contributed by atoms with Gasteiger partial charge in [0.15, 0.2) is 5.03 Å². The third-order valence-corrected chi connectivity index (χ3v) is 3.50. The first-order chi connectivity index (χ1) is 5.81. The van der Waals surface area contributed by atoms with E-state index >= 15 is 0 Å². The van der Waals surface area contributed by atoms with E-state index in [4.69, 9.17) is 0 Å². The molecule has 1 aromatic heterocycles. The monoisotopic (exact) mass is 246 g/mol. The lowest BCUT2D eigenvalue weighted by Crippen LogP contribution is -2.09. The highest BCUT2D eigenvalue weighted by molar-refractivity contribution is 8.15. The normalized spacial score (nSPS) is 13.0. The van der Waals surface area contributed by atoms with Crippen molar-refractivity contribution in [3.63, 3.8) is 0 Å². The SMILES string of the molecule is O=S(=O)(Cl)OS(=O)(=O)c1cnc[nH]1. The van der Waals surface area contributed by atoms with Crippen LogP contribution in [0.1, 0.15) is 0 Å². The van der Waals surface area contributed by atoms with E-state index in [1.54, 1.807) is 0 Å². The molecule has 7 nitrogen and oxygen atoms in total. The summed E-state index contributed by atoms with van der Waals surface area (Å²) in [5.74, 6) is 0. The second-order valence-electron chi connectivity index (χ2n) is 1.83. The molecule has 0 amide bonds. The molecule has 74 valence electrons. The van der Waals surface area contributed by atoms with Gasteiger partial charge in [0, 0.05) is 0 Å². The summed E-state index contributed by atoms with van der Waals surface area (Å²) in [5.41, 5.74) is 0. The molecule has 0 saturated carbocycles. The van der Waals surface area contributed by atoms with E-state index in [9.17, 15) is 16.8 Å². The van der Waals surface area contributed by atoms with Crippen LogP contribution in [-0.4, -0.2) is 26.8 Å². The molecule has 0 aliphatic heterocycles. The topological polar surface area (TPSA) is 106 Å². The Hall–Kier alpha value is -0.640. The summed E-state index contributed by atoms with van der Waals surface area (Å²) in [5, 5.41) is -0.489. The summed E-state index contributed by atoms with van der Waals surface area (Å²) < 4.78 is 46.1. The molecule has 1 heterocycles. The minimum absolute atomic E-state index is 0.489. The average molecular weight is 247 g/mol. The van der Waals surface area contributed by atoms with E-state index in [1.165, 1.54) is 0 Å². The molecule has 0 aliphatic carbocycles. The van der Waals surface area contributed by atoms with Crippen LogP contribution in [0.5, 0.6) is 0 Å². The number of halogens is 1. The highest BCUT2D eigenvalue weighted by Crippen LogP contribution is 2.12. The highest BCUT2D eigenvalue weighted by atomic mass is 35.7. The Balaban J connectivity index is 3.06. The fourth-order valence-corrected chi connectivity index (χ4v) is 2.67. The number of aromatic nitrogens is 2. The third kappa shape index (κ3) is 2.95. The fraction of sp³-hybridized carbons (Fsp3) is 0. The Kier molecular flexibility index (Phi) is 2.61. The van der Waals surface area contributed by atoms with E-state index in [-0.39, 0.29) is 0 Å². The third-order valence-electron chi connectivity index (χ3n) is 0.913. The van der Waals surface area contributed by atoms with Crippen LogP contribution in [0.25, 0.3) is 0 Å². The van der Waals surface area contributed by atoms with Gasteiger partial charge in [0.05, 0.1) is 23.2 Å². The summed E-state index contributed by atoms with van der Waals surface area (Å²) in [6, 6.07) is 0. The Bertz CT molecular complexity index is 474. The lowest BCUT2D eigenvalue weighted by Gasteiger charge is -1.96. The first kappa shape index (κ1) is 10.4. The van der Waals surface area contributed by atoms with Crippen molar-refractivity contribution in [1.29, 1.82) is 0 Å². The number of rotatable bonds is 3. The maximum absolute atomic E-state index is 11.0. The number of nitrogens with zero attached hydrogens (tertiary/aromatic N) is 1. The summed E-state index contributed by atoms with van der Waals surface area (Å²) in [7, 11) is -4.41. The Morgan fingerprint density at radius 3 is 2.38 bits per heavy atom. The van der Waals surface area contributed by atoms with Gasteiger partial charge in [0.25, 0.3) is 0 Å². The van der Waals surface area contributed by atoms with Crippen LogP contribution in [0.3, 0.4) is 0 Å². The van der Waals surface area contributed by atoms with Gasteiger partial charge in [0.1, 0.15) is 0 Å². The molecule has 10 heteroatoms. The van der Waals surface area contributed by atoms with Gasteiger partial charge in [-0.3, -0.25) is 0 Å². The molecule has 0 saturated heterocycles. The van der Waals surface area contributed by atoms with E-state index in [2.05, 4.69) is 24.3 Å². The van der Waals surface area contributed by atoms with Crippen LogP contribution < -0.4 is 0 Å². The lowest BCUT2D eigenvalue weighted by atomic mass is 11.0. The summed E-state index contributed by atoms with van der Waals surface area (Å²) >= 11 is 0. The second-order valence-corrected chi connectivity index (χ2v) is 5.64. The van der Waals surface area contributed by atoms with Crippen LogP contribution in [0, 0.1) is 0 Å². The minimum Gasteiger partial charge on any atom is -0.334 e. The molecule has 0 atom stereocenters. The van der Waals surface area contributed by atoms with Crippen molar-refractivity contribution >= 4 is 30.1 Å². The van der Waals surface area contributed by atoms with Gasteiger partial charge in [-0.25, -0.2) is 4.98 Å². The van der Waals surface area contributed by atoms with Crippen molar-refractivity contribution in [3.05, 3.63) is 12.5 Å². The minimum atomic E-state index is -4.57. The zero-order valence-corrected chi connectivity index (χ0v) is 8.23. The standard InChI is InChI=1S/C3H3ClN2O5S2/c4-13(9,10)11-12(7,8)3-1-5-2-6-3/h1-2H,(H,5,6). The highest BCUT2D eigenvalue weighted by Gasteiger charge is 2.24. The zero-order chi connectivity index (χ0) is 10.1. The van der Waals surface area contributed by atoms with Crippen molar-refractivity contribution in [2.24, 2.45) is 0 Å². The molecule has 0 fully saturated rings. The Morgan fingerprint density at radius 1 is 1.38 bits per heavy atom. The largest absolute Gasteiger partial charge is 0.370 e. The van der Waals surface area contributed by atoms with Crippen molar-refractivity contribution in [3.8, 4) is 0 Å². The number of aromatic amines is 1. The average Bonchev–Trinajstić information content (AvgIpc) is 2.29. The fourth-order valence-electron chi connectivity index (χ4n) is 0.523. The van der Waals surface area contributed by atoms with Crippen molar-refractivity contribution in [2.75, 3.05) is 0 Å². The molecule has 0 radical (unpaired) electrons. The van der Waals surface area contributed by atoms with Crippen LogP contribution in [0.4, 0.5) is 0 Å². The molecule has 1 rings (SSSR count). The maximum atomic E-state index is 11.0. The molecule has 0 bridgehead atoms. The Morgan fingerprint density at radius 2 is 2.00 bits per heavy atom. The molecule has 13 heavy (non-hydrogen) atoms. The number of nitrogens with one attached hydrogen (secondary N) is 1. The number of H-pyrrole nitrogens is 1. The predicted octanol–water partition coefficient (Wildman–Crippen LogP) is -0.401. The van der Waals surface area contributed by atoms with Gasteiger partial charge in [-0.1, -0.05) is 0 Å². The number of hydrogen-bond donors (Lipinski definition) is 1. The van der Waals surface area contributed by atoms with Gasteiger partial charge in [-0.2, -0.15) is 16.8 Å². The summed E-state index contributed by atoms with van der Waals surface area (Å²) in [4.78, 5) is 5.52.